The van der Waals surface area contributed by atoms with Crippen LogP contribution in [0.15, 0.2) is 251 Å². The number of carboxylic acids is 3. The molecule has 0 unspecified atom stereocenters. The fourth-order valence-corrected chi connectivity index (χ4v) is 11.0. The third-order valence-corrected chi connectivity index (χ3v) is 16.8. The van der Waals surface area contributed by atoms with Gasteiger partial charge in [-0.2, -0.15) is 0 Å². The highest BCUT2D eigenvalue weighted by atomic mass is 79.9. The van der Waals surface area contributed by atoms with Crippen molar-refractivity contribution in [1.82, 2.24) is 29.9 Å². The number of nitrogens with one attached hydrogen (secondary N) is 3. The molecule has 0 spiro atoms. The van der Waals surface area contributed by atoms with Crippen molar-refractivity contribution in [3.05, 3.63) is 374 Å². The number of aromatic carboxylic acids is 2. The lowest BCUT2D eigenvalue weighted by Gasteiger charge is -2.09. The summed E-state index contributed by atoms with van der Waals surface area (Å²) >= 11 is 3.37. The summed E-state index contributed by atoms with van der Waals surface area (Å²) in [6, 6.07) is 67.8. The molecule has 638 valence electrons. The van der Waals surface area contributed by atoms with Crippen LogP contribution < -0.4 is 31.9 Å². The number of esters is 4. The number of alkyl halides is 1. The van der Waals surface area contributed by atoms with E-state index < -0.39 is 35.0 Å². The monoisotopic (exact) mass is 1750 g/mol. The normalized spacial score (nSPS) is 9.77. The highest BCUT2D eigenvalue weighted by Gasteiger charge is 2.19. The van der Waals surface area contributed by atoms with Crippen LogP contribution in [0.4, 0.5) is 17.1 Å². The number of carbonyl (C=O) groups excluding carboxylic acids is 4. The molecule has 0 bridgehead atoms. The average Bonchev–Trinajstić information content (AvgIpc) is 0.821. The van der Waals surface area contributed by atoms with E-state index in [0.717, 1.165) is 33.1 Å². The number of ether oxygens (including phenoxy) is 6. The molecule has 9 aromatic carbocycles. The largest absolute Gasteiger partial charge is 0.481 e. The van der Waals surface area contributed by atoms with Crippen LogP contribution in [0.2, 0.25) is 0 Å². The molecule has 3 heterocycles. The number of hydrogen-bond donors (Lipinski definition) is 9. The van der Waals surface area contributed by atoms with Gasteiger partial charge in [0.15, 0.2) is 0 Å². The number of aromatic amines is 3. The lowest BCUT2D eigenvalue weighted by molar-refractivity contribution is -0.143. The van der Waals surface area contributed by atoms with Gasteiger partial charge in [0, 0.05) is 5.33 Å². The first-order valence-electron chi connectivity index (χ1n) is 37.3. The first kappa shape index (κ1) is 98.9. The van der Waals surface area contributed by atoms with Crippen molar-refractivity contribution in [3.8, 4) is 45.8 Å². The number of aliphatic hydroxyl groups is 2. The Hall–Kier alpha value is -15.7. The predicted octanol–water partition coefficient (Wildman–Crippen LogP) is 14.4. The van der Waals surface area contributed by atoms with E-state index in [2.05, 4.69) is 75.6 Å². The number of nitrogens with two attached hydrogens (primary N) is 1. The Morgan fingerprint density at radius 3 is 1.10 bits per heavy atom. The van der Waals surface area contributed by atoms with Gasteiger partial charge in [-0.3, -0.25) is 38.7 Å². The summed E-state index contributed by atoms with van der Waals surface area (Å²) < 4.78 is 29.7. The molecule has 0 fully saturated rings. The van der Waals surface area contributed by atoms with Crippen molar-refractivity contribution in [1.29, 1.82) is 0 Å². The third kappa shape index (κ3) is 33.3. The van der Waals surface area contributed by atoms with Crippen LogP contribution in [-0.2, 0) is 84.4 Å². The number of aliphatic carboxylic acids is 1. The number of hydrogen-bond acceptors (Lipinski definition) is 22. The summed E-state index contributed by atoms with van der Waals surface area (Å²) in [5.41, 5.74) is 13.2. The van der Waals surface area contributed by atoms with Crippen LogP contribution in [0.3, 0.4) is 0 Å². The fraction of sp³-hybridized carbons (Fsp3) is 0.174. The van der Waals surface area contributed by atoms with Gasteiger partial charge in [-0.15, -0.1) is 0 Å². The summed E-state index contributed by atoms with van der Waals surface area (Å²) in [6.07, 6.45) is 0.539. The van der Waals surface area contributed by atoms with Crippen LogP contribution in [0.5, 0.6) is 12.0 Å². The molecule has 0 atom stereocenters. The average molecular weight is 1750 g/mol. The smallest absolute Gasteiger partial charge is 0.337 e. The standard InChI is InChI=1S/C20H15N3O4.C19H13N3O4.C12H9N3O.C11H13BrO2.C11H14O3.C9H8O4.C9H10O3.CH5N/c1-21-18-17(15-8-3-2-4-9-15)22-20(23-19(18)26)27-12-14-7-5-6-13(10-14)11-16(24)25;1-20-16-15(13-7-3-2-4-8-13)21-19(22-17(16)23)26-11-12-6-5-9-14(10-12)18(24)25;1-8-14-10(9-6-4-3-5-7-9)11(13-2)12(16)15-8;2*1-2-14-11(13)7-9-4-3-5-10(6-9)8-12;1-13-9(12)7-4-2-3-6(5-7)8(10)11;1-12-9(11)8-4-2-3-7(5-8)6-10;1-2/h2-10H,11-12H2,(H,24,25)(H,22,23,26);2-10H,11H2,(H,24,25)(H,21,22,23);3-7H,1H3,(H,14,15,16);3-6H,2,7-8H2,1H3;3-6,12H,2,7-8H2,1H3;2-5H,1H3,(H,10,11);2-5,10H,6H2,1H3;2H2,1H3. The number of aliphatic hydroxyl groups excluding tert-OH is 2. The number of nitrogens with zero attached hydrogens (tertiary/aromatic N) is 6. The maximum Gasteiger partial charge on any atom is 0.337 e. The topological polar surface area (TPSA) is 452 Å². The minimum atomic E-state index is -1.06. The summed E-state index contributed by atoms with van der Waals surface area (Å²) in [7, 11) is 4.07. The molecule has 12 rings (SSSR count). The second-order valence-corrected chi connectivity index (χ2v) is 25.6. The highest BCUT2D eigenvalue weighted by Crippen LogP contribution is 2.29. The lowest BCUT2D eigenvalue weighted by atomic mass is 10.1. The van der Waals surface area contributed by atoms with Gasteiger partial charge in [0.2, 0.25) is 0 Å². The molecule has 124 heavy (non-hydrogen) atoms. The van der Waals surface area contributed by atoms with Crippen LogP contribution >= 0.6 is 15.9 Å². The summed E-state index contributed by atoms with van der Waals surface area (Å²) in [6.45, 7) is 27.6. The molecule has 0 amide bonds. The fourth-order valence-electron chi connectivity index (χ4n) is 10.6. The Morgan fingerprint density at radius 2 is 0.718 bits per heavy atom. The summed E-state index contributed by atoms with van der Waals surface area (Å²) in [4.78, 5) is 142. The number of benzene rings is 9. The minimum Gasteiger partial charge on any atom is -0.481 e. The molecule has 0 saturated heterocycles. The molecule has 0 aliphatic rings. The molecule has 32 heteroatoms. The SMILES string of the molecule is CCOC(=O)Cc1cccc(CBr)c1.CCOC(=O)Cc1cccc(CO)c1.CN.COC(=O)c1cccc(C(=O)O)c1.COC(=O)c1cccc(CO)c1.[C-]#[N+]c1c(-c2ccccc2)nc(C)[nH]c1=O.[C-]#[N+]c1c(-c2ccccc2)nc(OCc2cccc(C(=O)O)c2)[nH]c1=O.[C-]#[N+]c1c(-c2ccccc2)nc(OCc2cccc(CC(=O)O)c2)[nH]c1=O. The molecule has 31 nitrogen and oxygen atoms in total. The van der Waals surface area contributed by atoms with E-state index in [-0.39, 0.29) is 120 Å². The number of carboxylic acid groups (broad SMARTS) is 3. The van der Waals surface area contributed by atoms with Gasteiger partial charge in [-0.1, -0.05) is 210 Å². The molecular weight excluding hydrogens is 1660 g/mol. The van der Waals surface area contributed by atoms with Crippen molar-refractivity contribution in [2.24, 2.45) is 5.73 Å². The Morgan fingerprint density at radius 1 is 0.403 bits per heavy atom. The van der Waals surface area contributed by atoms with Gasteiger partial charge in [0.05, 0.1) is 119 Å². The molecule has 0 aliphatic heterocycles. The second kappa shape index (κ2) is 53.7. The third-order valence-electron chi connectivity index (χ3n) is 16.2. The number of rotatable bonds is 24. The second-order valence-electron chi connectivity index (χ2n) is 25.0. The maximum absolute atomic E-state index is 12.2. The number of carbonyl (C=O) groups is 7. The summed E-state index contributed by atoms with van der Waals surface area (Å²) in [5.74, 6) is -3.83. The Labute approximate surface area is 720 Å². The summed E-state index contributed by atoms with van der Waals surface area (Å²) in [5, 5.41) is 45.0. The van der Waals surface area contributed by atoms with E-state index in [4.69, 9.17) is 64.2 Å². The van der Waals surface area contributed by atoms with E-state index in [1.54, 1.807) is 129 Å². The van der Waals surface area contributed by atoms with Gasteiger partial charge in [0.1, 0.15) is 19.0 Å². The first-order chi connectivity index (χ1) is 59.8. The maximum atomic E-state index is 12.2. The Balaban J connectivity index is 0.000000262. The Kier molecular flexibility index (Phi) is 42.8. The number of methoxy groups -OCH3 is 2. The molecule has 0 saturated carbocycles. The van der Waals surface area contributed by atoms with Crippen molar-refractivity contribution < 1.29 is 87.5 Å². The Bertz CT molecular complexity index is 5830. The van der Waals surface area contributed by atoms with Gasteiger partial charge < -0.3 is 64.7 Å². The van der Waals surface area contributed by atoms with Crippen molar-refractivity contribution in [3.63, 3.8) is 0 Å². The number of halogens is 1. The first-order valence-corrected chi connectivity index (χ1v) is 38.4. The van der Waals surface area contributed by atoms with Gasteiger partial charge in [-0.05, 0) is 131 Å². The van der Waals surface area contributed by atoms with Crippen molar-refractivity contribution in [2.45, 2.75) is 71.8 Å². The van der Waals surface area contributed by atoms with Crippen LogP contribution in [0.1, 0.15) is 106 Å². The number of aromatic nitrogens is 6. The van der Waals surface area contributed by atoms with E-state index >= 15 is 0 Å². The molecule has 0 aliphatic carbocycles. The van der Waals surface area contributed by atoms with Crippen LogP contribution in [0, 0.1) is 26.6 Å². The molecular formula is C92H87BrN10O21. The zero-order valence-corrected chi connectivity index (χ0v) is 69.6. The van der Waals surface area contributed by atoms with Crippen LogP contribution in [0.25, 0.3) is 48.3 Å². The van der Waals surface area contributed by atoms with E-state index in [0.29, 0.717) is 64.5 Å². The van der Waals surface area contributed by atoms with Crippen molar-refractivity contribution >= 4 is 74.8 Å². The molecule has 12 aromatic rings. The van der Waals surface area contributed by atoms with Crippen molar-refractivity contribution in [2.75, 3.05) is 34.5 Å². The van der Waals surface area contributed by atoms with E-state index in [1.807, 2.05) is 91.9 Å². The minimum absolute atomic E-state index is 0.00331. The van der Waals surface area contributed by atoms with Gasteiger partial charge in [0.25, 0.3) is 45.8 Å². The lowest BCUT2D eigenvalue weighted by Crippen LogP contribution is -2.11. The quantitative estimate of drug-likeness (QED) is 0.0117. The zero-order valence-electron chi connectivity index (χ0n) is 68.0. The zero-order chi connectivity index (χ0) is 90.9. The molecule has 0 radical (unpaired) electrons. The van der Waals surface area contributed by atoms with E-state index in [9.17, 15) is 47.9 Å². The van der Waals surface area contributed by atoms with E-state index in [1.165, 1.54) is 63.2 Å². The highest BCUT2D eigenvalue weighted by molar-refractivity contribution is 9.08. The van der Waals surface area contributed by atoms with Gasteiger partial charge >= 0.3 is 41.8 Å². The molecule has 3 aromatic heterocycles. The van der Waals surface area contributed by atoms with Gasteiger partial charge in [-0.25, -0.2) is 48.7 Å². The predicted molar refractivity (Wildman–Crippen MR) is 465 cm³/mol. The number of H-pyrrole nitrogens is 3. The molecule has 10 N–H and O–H groups in total. The number of aryl methyl sites for hydroxylation is 1. The van der Waals surface area contributed by atoms with Crippen LogP contribution in [-0.4, -0.2) is 132 Å².